The Bertz CT molecular complexity index is 325. The number of nitrogens with one attached hydrogen (secondary N) is 1. The molecule has 0 aromatic rings. The van der Waals surface area contributed by atoms with Crippen molar-refractivity contribution >= 4 is 11.9 Å². The monoisotopic (exact) mass is 211 g/mol. The molecule has 5 nitrogen and oxygen atoms in total. The molecule has 15 heavy (non-hydrogen) atoms. The Morgan fingerprint density at radius 3 is 2.40 bits per heavy atom. The van der Waals surface area contributed by atoms with Crippen LogP contribution in [0.4, 0.5) is 0 Å². The van der Waals surface area contributed by atoms with Crippen LogP contribution in [0.15, 0.2) is 12.2 Å². The smallest absolute Gasteiger partial charge is 0.307 e. The summed E-state index contributed by atoms with van der Waals surface area (Å²) in [6.45, 7) is -0.442. The number of amides is 1. The van der Waals surface area contributed by atoms with Crippen LogP contribution < -0.4 is 5.32 Å². The molecule has 1 fully saturated rings. The van der Waals surface area contributed by atoms with Crippen molar-refractivity contribution in [2.24, 2.45) is 23.7 Å². The van der Waals surface area contributed by atoms with Crippen molar-refractivity contribution in [3.05, 3.63) is 12.2 Å². The summed E-state index contributed by atoms with van der Waals surface area (Å²) in [6, 6.07) is 0. The molecule has 2 rings (SSSR count). The normalized spacial score (nSPS) is 36.9. The Kier molecular flexibility index (Phi) is 2.48. The summed E-state index contributed by atoms with van der Waals surface area (Å²) in [5, 5.41) is 19.9. The molecule has 0 saturated heterocycles. The number of aliphatic hydroxyl groups excluding tert-OH is 1. The summed E-state index contributed by atoms with van der Waals surface area (Å²) in [6.07, 6.45) is 4.53. The number of hydrogen-bond acceptors (Lipinski definition) is 3. The number of aliphatic carboxylic acids is 1. The molecule has 1 saturated carbocycles. The zero-order valence-electron chi connectivity index (χ0n) is 8.09. The number of rotatable bonds is 3. The van der Waals surface area contributed by atoms with Crippen molar-refractivity contribution in [3.8, 4) is 0 Å². The van der Waals surface area contributed by atoms with Crippen LogP contribution in [-0.4, -0.2) is 28.8 Å². The number of aliphatic hydroxyl groups is 1. The second-order valence-electron chi connectivity index (χ2n) is 4.04. The molecule has 82 valence electrons. The fourth-order valence-corrected chi connectivity index (χ4v) is 2.71. The predicted octanol–water partition coefficient (Wildman–Crippen LogP) is -0.425. The molecule has 2 bridgehead atoms. The third-order valence-corrected chi connectivity index (χ3v) is 3.30. The van der Waals surface area contributed by atoms with Crippen molar-refractivity contribution in [2.45, 2.75) is 6.42 Å². The van der Waals surface area contributed by atoms with Crippen LogP contribution in [0.1, 0.15) is 6.42 Å². The van der Waals surface area contributed by atoms with Crippen LogP contribution in [-0.2, 0) is 9.59 Å². The fourth-order valence-electron chi connectivity index (χ4n) is 2.71. The number of allylic oxidation sites excluding steroid dienone is 2. The second kappa shape index (κ2) is 3.66. The largest absolute Gasteiger partial charge is 0.481 e. The van der Waals surface area contributed by atoms with Crippen LogP contribution in [0.25, 0.3) is 0 Å². The van der Waals surface area contributed by atoms with Gasteiger partial charge in [0, 0.05) is 0 Å². The summed E-state index contributed by atoms with van der Waals surface area (Å²) in [4.78, 5) is 22.6. The highest BCUT2D eigenvalue weighted by molar-refractivity contribution is 5.86. The zero-order chi connectivity index (χ0) is 11.0. The second-order valence-corrected chi connectivity index (χ2v) is 4.04. The van der Waals surface area contributed by atoms with Gasteiger partial charge in [0.15, 0.2) is 0 Å². The van der Waals surface area contributed by atoms with E-state index in [0.29, 0.717) is 0 Å². The highest BCUT2D eigenvalue weighted by Gasteiger charge is 2.51. The molecule has 3 N–H and O–H groups in total. The van der Waals surface area contributed by atoms with Crippen molar-refractivity contribution in [1.29, 1.82) is 0 Å². The van der Waals surface area contributed by atoms with Crippen LogP contribution in [0.5, 0.6) is 0 Å². The lowest BCUT2D eigenvalue weighted by atomic mass is 9.82. The van der Waals surface area contributed by atoms with Gasteiger partial charge in [0.1, 0.15) is 6.73 Å². The molecule has 2 aliphatic carbocycles. The van der Waals surface area contributed by atoms with Gasteiger partial charge in [-0.25, -0.2) is 0 Å². The van der Waals surface area contributed by atoms with Gasteiger partial charge in [-0.15, -0.1) is 0 Å². The Labute approximate surface area is 86.8 Å². The minimum absolute atomic E-state index is 0.0163. The minimum atomic E-state index is -0.926. The molecule has 0 heterocycles. The maximum Gasteiger partial charge on any atom is 0.307 e. The molecule has 0 spiro atoms. The lowest BCUT2D eigenvalue weighted by Crippen LogP contribution is -2.40. The number of carbonyl (C=O) groups is 2. The maximum absolute atomic E-state index is 11.6. The maximum atomic E-state index is 11.6. The molecule has 0 aromatic carbocycles. The van der Waals surface area contributed by atoms with E-state index in [1.165, 1.54) is 0 Å². The van der Waals surface area contributed by atoms with Crippen LogP contribution in [0, 0.1) is 23.7 Å². The van der Waals surface area contributed by atoms with Gasteiger partial charge in [0.2, 0.25) is 5.91 Å². The van der Waals surface area contributed by atoms with Crippen molar-refractivity contribution in [3.63, 3.8) is 0 Å². The van der Waals surface area contributed by atoms with E-state index in [1.807, 2.05) is 12.2 Å². The van der Waals surface area contributed by atoms with E-state index in [1.54, 1.807) is 0 Å². The SMILES string of the molecule is O=C(O)C1C2C=CC(C2)C1C(=O)NCO. The summed E-state index contributed by atoms with van der Waals surface area (Å²) < 4.78 is 0. The van der Waals surface area contributed by atoms with Gasteiger partial charge in [-0.3, -0.25) is 9.59 Å². The third-order valence-electron chi connectivity index (χ3n) is 3.30. The van der Waals surface area contributed by atoms with E-state index in [2.05, 4.69) is 5.32 Å². The predicted molar refractivity (Wildman–Crippen MR) is 50.6 cm³/mol. The highest BCUT2D eigenvalue weighted by atomic mass is 16.4. The molecular formula is C10H13NO4. The first-order valence-corrected chi connectivity index (χ1v) is 4.95. The van der Waals surface area contributed by atoms with Crippen LogP contribution in [0.2, 0.25) is 0 Å². The lowest BCUT2D eigenvalue weighted by molar-refractivity contribution is -0.148. The van der Waals surface area contributed by atoms with E-state index < -0.39 is 24.5 Å². The molecule has 1 amide bonds. The molecular weight excluding hydrogens is 198 g/mol. The third kappa shape index (κ3) is 1.52. The van der Waals surface area contributed by atoms with Gasteiger partial charge >= 0.3 is 5.97 Å². The topological polar surface area (TPSA) is 86.6 Å². The molecule has 5 heteroatoms. The Balaban J connectivity index is 2.19. The van der Waals surface area contributed by atoms with E-state index in [-0.39, 0.29) is 17.7 Å². The number of fused-ring (bicyclic) bond motifs is 2. The lowest BCUT2D eigenvalue weighted by Gasteiger charge is -2.23. The average Bonchev–Trinajstić information content (AvgIpc) is 2.76. The number of carboxylic acid groups (broad SMARTS) is 1. The van der Waals surface area contributed by atoms with Crippen molar-refractivity contribution in [1.82, 2.24) is 5.32 Å². The molecule has 0 aliphatic heterocycles. The van der Waals surface area contributed by atoms with Crippen molar-refractivity contribution in [2.75, 3.05) is 6.73 Å². The van der Waals surface area contributed by atoms with Gasteiger partial charge in [-0.2, -0.15) is 0 Å². The highest BCUT2D eigenvalue weighted by Crippen LogP contribution is 2.48. The van der Waals surface area contributed by atoms with Gasteiger partial charge in [-0.1, -0.05) is 12.2 Å². The van der Waals surface area contributed by atoms with Crippen molar-refractivity contribution < 1.29 is 19.8 Å². The molecule has 4 unspecified atom stereocenters. The standard InChI is InChI=1S/C10H13NO4/c12-4-11-9(13)7-5-1-2-6(3-5)8(7)10(14)15/h1-2,5-8,12H,3-4H2,(H,11,13)(H,14,15). The van der Waals surface area contributed by atoms with E-state index >= 15 is 0 Å². The number of hydrogen-bond donors (Lipinski definition) is 3. The summed E-state index contributed by atoms with van der Waals surface area (Å²) in [5.41, 5.74) is 0. The first-order chi connectivity index (χ1) is 7.15. The average molecular weight is 211 g/mol. The summed E-state index contributed by atoms with van der Waals surface area (Å²) in [5.74, 6) is -2.45. The quantitative estimate of drug-likeness (QED) is 0.437. The first-order valence-electron chi connectivity index (χ1n) is 4.95. The molecule has 0 aromatic heterocycles. The summed E-state index contributed by atoms with van der Waals surface area (Å²) >= 11 is 0. The molecule has 4 atom stereocenters. The van der Waals surface area contributed by atoms with E-state index in [4.69, 9.17) is 10.2 Å². The molecule has 0 radical (unpaired) electrons. The Hall–Kier alpha value is -1.36. The number of carbonyl (C=O) groups excluding carboxylic acids is 1. The van der Waals surface area contributed by atoms with Crippen LogP contribution in [0.3, 0.4) is 0 Å². The first kappa shape index (κ1) is 10.2. The zero-order valence-corrected chi connectivity index (χ0v) is 8.09. The van der Waals surface area contributed by atoms with E-state index in [0.717, 1.165) is 6.42 Å². The summed E-state index contributed by atoms with van der Waals surface area (Å²) in [7, 11) is 0. The van der Waals surface area contributed by atoms with Gasteiger partial charge in [0.25, 0.3) is 0 Å². The van der Waals surface area contributed by atoms with Gasteiger partial charge in [0.05, 0.1) is 11.8 Å². The fraction of sp³-hybridized carbons (Fsp3) is 0.600. The number of carboxylic acids is 1. The molecule has 2 aliphatic rings. The van der Waals surface area contributed by atoms with Gasteiger partial charge < -0.3 is 15.5 Å². The van der Waals surface area contributed by atoms with Gasteiger partial charge in [-0.05, 0) is 18.3 Å². The van der Waals surface area contributed by atoms with Crippen LogP contribution >= 0.6 is 0 Å². The van der Waals surface area contributed by atoms with E-state index in [9.17, 15) is 9.59 Å². The Morgan fingerprint density at radius 2 is 1.87 bits per heavy atom. The Morgan fingerprint density at radius 1 is 1.27 bits per heavy atom. The minimum Gasteiger partial charge on any atom is -0.481 e.